The molecule has 0 fully saturated rings. The minimum atomic E-state index is -0.413. The second kappa shape index (κ2) is 8.05. The summed E-state index contributed by atoms with van der Waals surface area (Å²) >= 11 is 1.43. The summed E-state index contributed by atoms with van der Waals surface area (Å²) in [7, 11) is 0. The molecule has 28 heavy (non-hydrogen) atoms. The minimum Gasteiger partial charge on any atom is -0.463 e. The van der Waals surface area contributed by atoms with Gasteiger partial charge in [0.25, 0.3) is 5.69 Å². The minimum absolute atomic E-state index is 0.0135. The van der Waals surface area contributed by atoms with Gasteiger partial charge in [-0.3, -0.25) is 10.1 Å². The molecule has 0 atom stereocenters. The number of thiazole rings is 1. The predicted octanol–water partition coefficient (Wildman–Crippen LogP) is 4.24. The number of nitro benzene ring substituents is 1. The first-order valence-electron chi connectivity index (χ1n) is 8.68. The molecule has 8 nitrogen and oxygen atoms in total. The first kappa shape index (κ1) is 17.9. The third-order valence-corrected chi connectivity index (χ3v) is 5.09. The van der Waals surface area contributed by atoms with Gasteiger partial charge in [-0.2, -0.15) is 0 Å². The van der Waals surface area contributed by atoms with Crippen LogP contribution in [0.3, 0.4) is 0 Å². The van der Waals surface area contributed by atoms with Crippen molar-refractivity contribution in [3.63, 3.8) is 0 Å². The van der Waals surface area contributed by atoms with Crippen LogP contribution in [0.15, 0.2) is 76.2 Å². The molecule has 0 unspecified atom stereocenters. The lowest BCUT2D eigenvalue weighted by atomic mass is 10.3. The Morgan fingerprint density at radius 3 is 2.86 bits per heavy atom. The summed E-state index contributed by atoms with van der Waals surface area (Å²) < 4.78 is 9.61. The average molecular weight is 395 g/mol. The summed E-state index contributed by atoms with van der Waals surface area (Å²) in [4.78, 5) is 20.2. The van der Waals surface area contributed by atoms with E-state index in [-0.39, 0.29) is 5.69 Å². The first-order valence-corrected chi connectivity index (χ1v) is 9.56. The normalized spacial score (nSPS) is 11.8. The number of hydrogen-bond acceptors (Lipinski definition) is 6. The fourth-order valence-electron chi connectivity index (χ4n) is 2.90. The van der Waals surface area contributed by atoms with Crippen molar-refractivity contribution in [1.29, 1.82) is 0 Å². The van der Waals surface area contributed by atoms with Crippen molar-refractivity contribution >= 4 is 22.7 Å². The fourth-order valence-corrected chi connectivity index (χ4v) is 3.83. The first-order chi connectivity index (χ1) is 13.7. The Bertz CT molecular complexity index is 1130. The molecule has 0 amide bonds. The van der Waals surface area contributed by atoms with Crippen LogP contribution in [-0.2, 0) is 13.1 Å². The third kappa shape index (κ3) is 3.79. The Morgan fingerprint density at radius 1 is 1.21 bits per heavy atom. The van der Waals surface area contributed by atoms with E-state index >= 15 is 0 Å². The van der Waals surface area contributed by atoms with Gasteiger partial charge in [-0.1, -0.05) is 12.1 Å². The van der Waals surface area contributed by atoms with E-state index < -0.39 is 4.92 Å². The molecule has 3 heterocycles. The van der Waals surface area contributed by atoms with Crippen molar-refractivity contribution in [1.82, 2.24) is 14.1 Å². The van der Waals surface area contributed by atoms with E-state index in [2.05, 4.69) is 9.98 Å². The van der Waals surface area contributed by atoms with Crippen LogP contribution in [0.1, 0.15) is 6.42 Å². The molecule has 1 aromatic carbocycles. The van der Waals surface area contributed by atoms with Crippen LogP contribution >= 0.6 is 11.3 Å². The van der Waals surface area contributed by atoms with Gasteiger partial charge in [0.1, 0.15) is 5.69 Å². The van der Waals surface area contributed by atoms with E-state index in [4.69, 9.17) is 4.42 Å². The lowest BCUT2D eigenvalue weighted by Crippen LogP contribution is -2.17. The highest BCUT2D eigenvalue weighted by molar-refractivity contribution is 7.07. The van der Waals surface area contributed by atoms with Crippen molar-refractivity contribution in [3.8, 4) is 11.5 Å². The fraction of sp³-hybridized carbons (Fsp3) is 0.158. The van der Waals surface area contributed by atoms with Gasteiger partial charge in [-0.05, 0) is 24.6 Å². The summed E-state index contributed by atoms with van der Waals surface area (Å²) in [5, 5.41) is 13.3. The summed E-state index contributed by atoms with van der Waals surface area (Å²) in [5.74, 6) is 0.739. The van der Waals surface area contributed by atoms with Gasteiger partial charge in [0, 0.05) is 36.9 Å². The van der Waals surface area contributed by atoms with Gasteiger partial charge in [0.05, 0.1) is 23.2 Å². The molecule has 4 aromatic rings. The van der Waals surface area contributed by atoms with E-state index in [0.29, 0.717) is 17.0 Å². The van der Waals surface area contributed by atoms with Gasteiger partial charge < -0.3 is 13.6 Å². The van der Waals surface area contributed by atoms with Gasteiger partial charge >= 0.3 is 0 Å². The second-order valence-electron chi connectivity index (χ2n) is 6.04. The zero-order valence-corrected chi connectivity index (χ0v) is 15.7. The van der Waals surface area contributed by atoms with Crippen molar-refractivity contribution in [2.24, 2.45) is 4.99 Å². The largest absolute Gasteiger partial charge is 0.463 e. The van der Waals surface area contributed by atoms with Gasteiger partial charge in [0.15, 0.2) is 10.6 Å². The highest BCUT2D eigenvalue weighted by Crippen LogP contribution is 2.27. The Hall–Kier alpha value is -3.46. The molecule has 3 aromatic heterocycles. The Balaban J connectivity index is 1.72. The molecule has 0 N–H and O–H groups in total. The molecule has 4 rings (SSSR count). The Kier molecular flexibility index (Phi) is 5.16. The van der Waals surface area contributed by atoms with E-state index in [0.717, 1.165) is 24.4 Å². The number of para-hydroxylation sites is 2. The van der Waals surface area contributed by atoms with E-state index in [1.165, 1.54) is 17.4 Å². The number of nitrogens with zero attached hydrogens (tertiary/aromatic N) is 5. The molecule has 0 aliphatic rings. The second-order valence-corrected chi connectivity index (χ2v) is 6.88. The van der Waals surface area contributed by atoms with Crippen LogP contribution in [-0.4, -0.2) is 19.0 Å². The van der Waals surface area contributed by atoms with Crippen molar-refractivity contribution in [2.75, 3.05) is 0 Å². The molecule has 0 bridgehead atoms. The molecule has 0 saturated heterocycles. The quantitative estimate of drug-likeness (QED) is 0.346. The summed E-state index contributed by atoms with van der Waals surface area (Å²) in [5.41, 5.74) is 1.22. The van der Waals surface area contributed by atoms with Crippen LogP contribution < -0.4 is 4.80 Å². The smallest absolute Gasteiger partial charge is 0.294 e. The summed E-state index contributed by atoms with van der Waals surface area (Å²) in [6, 6.07) is 10.2. The number of aromatic nitrogens is 3. The van der Waals surface area contributed by atoms with Crippen LogP contribution in [0.5, 0.6) is 0 Å². The molecule has 0 spiro atoms. The average Bonchev–Trinajstić information content (AvgIpc) is 3.44. The van der Waals surface area contributed by atoms with Crippen molar-refractivity contribution in [2.45, 2.75) is 19.5 Å². The number of nitro groups is 1. The molecular formula is C19H17N5O3S. The van der Waals surface area contributed by atoms with Gasteiger partial charge in [-0.25, -0.2) is 9.98 Å². The lowest BCUT2D eigenvalue weighted by molar-refractivity contribution is -0.384. The molecular weight excluding hydrogens is 378 g/mol. The van der Waals surface area contributed by atoms with E-state index in [9.17, 15) is 10.1 Å². The zero-order valence-electron chi connectivity index (χ0n) is 14.8. The number of aryl methyl sites for hydroxylation is 1. The standard InChI is InChI=1S/C19H17N5O3S/c25-24(26)16-6-2-1-5-15(16)21-19-23(10-4-9-22-11-8-20-14-22)17(13-28-19)18-7-3-12-27-18/h1-3,5-8,11-14H,4,9-10H2. The Labute approximate surface area is 164 Å². The lowest BCUT2D eigenvalue weighted by Gasteiger charge is -2.08. The maximum absolute atomic E-state index is 11.3. The third-order valence-electron chi connectivity index (χ3n) is 4.22. The van der Waals surface area contributed by atoms with Crippen LogP contribution in [0.2, 0.25) is 0 Å². The van der Waals surface area contributed by atoms with Crippen molar-refractivity contribution in [3.05, 3.63) is 81.7 Å². The number of furan rings is 1. The topological polar surface area (TPSA) is 91.4 Å². The summed E-state index contributed by atoms with van der Waals surface area (Å²) in [6.45, 7) is 1.50. The molecule has 9 heteroatoms. The number of hydrogen-bond donors (Lipinski definition) is 0. The molecule has 0 saturated carbocycles. The SMILES string of the molecule is O=[N+]([O-])c1ccccc1N=c1scc(-c2ccco2)n1CCCn1ccnc1. The van der Waals surface area contributed by atoms with Gasteiger partial charge in [0.2, 0.25) is 0 Å². The number of rotatable bonds is 7. The Morgan fingerprint density at radius 2 is 2.11 bits per heavy atom. The van der Waals surface area contributed by atoms with E-state index in [1.807, 2.05) is 32.8 Å². The van der Waals surface area contributed by atoms with Crippen LogP contribution in [0, 0.1) is 10.1 Å². The van der Waals surface area contributed by atoms with Crippen LogP contribution in [0.4, 0.5) is 11.4 Å². The van der Waals surface area contributed by atoms with Crippen molar-refractivity contribution < 1.29 is 9.34 Å². The predicted molar refractivity (Wildman–Crippen MR) is 105 cm³/mol. The highest BCUT2D eigenvalue weighted by Gasteiger charge is 2.14. The maximum Gasteiger partial charge on any atom is 0.294 e. The monoisotopic (exact) mass is 395 g/mol. The van der Waals surface area contributed by atoms with E-state index in [1.54, 1.807) is 37.0 Å². The summed E-state index contributed by atoms with van der Waals surface area (Å²) in [6.07, 6.45) is 7.93. The number of benzene rings is 1. The molecule has 142 valence electrons. The highest BCUT2D eigenvalue weighted by atomic mass is 32.1. The maximum atomic E-state index is 11.3. The van der Waals surface area contributed by atoms with Crippen LogP contribution in [0.25, 0.3) is 11.5 Å². The molecule has 0 aliphatic heterocycles. The molecule has 0 aliphatic carbocycles. The van der Waals surface area contributed by atoms with Gasteiger partial charge in [-0.15, -0.1) is 11.3 Å². The zero-order chi connectivity index (χ0) is 19.3. The number of imidazole rings is 1. The molecule has 0 radical (unpaired) electrons.